The first-order valence-corrected chi connectivity index (χ1v) is 9.85. The summed E-state index contributed by atoms with van der Waals surface area (Å²) < 4.78 is 7.02. The minimum absolute atomic E-state index is 0.0194. The zero-order valence-corrected chi connectivity index (χ0v) is 17.1. The van der Waals surface area contributed by atoms with Gasteiger partial charge in [-0.15, -0.1) is 0 Å². The van der Waals surface area contributed by atoms with Gasteiger partial charge in [0.15, 0.2) is 0 Å². The Balaban J connectivity index is 1.82. The molecule has 152 valence electrons. The standard InChI is InChI=1S/C21H26N6O2/c1-25(2)21-22-11-10-18(24-21)26-12-6-9-17(26)19-23-16-8-5-4-7-15(16)20(28)27(19)13-14-29-3/h4-5,7-8,10-11,17H,6,9,12-14H2,1-3H3. The largest absolute Gasteiger partial charge is 0.383 e. The summed E-state index contributed by atoms with van der Waals surface area (Å²) in [6.07, 6.45) is 3.71. The van der Waals surface area contributed by atoms with E-state index < -0.39 is 0 Å². The third-order valence-electron chi connectivity index (χ3n) is 5.28. The molecular formula is C21H26N6O2. The molecule has 1 saturated heterocycles. The van der Waals surface area contributed by atoms with Gasteiger partial charge >= 0.3 is 0 Å². The monoisotopic (exact) mass is 394 g/mol. The summed E-state index contributed by atoms with van der Waals surface area (Å²) in [5.41, 5.74) is 0.704. The molecule has 0 radical (unpaired) electrons. The number of para-hydroxylation sites is 1. The summed E-state index contributed by atoms with van der Waals surface area (Å²) in [5.74, 6) is 2.29. The van der Waals surface area contributed by atoms with Crippen molar-refractivity contribution in [1.29, 1.82) is 0 Å². The maximum atomic E-state index is 13.2. The van der Waals surface area contributed by atoms with Crippen molar-refractivity contribution in [2.75, 3.05) is 44.2 Å². The van der Waals surface area contributed by atoms with Crippen LogP contribution >= 0.6 is 0 Å². The first-order chi connectivity index (χ1) is 14.1. The van der Waals surface area contributed by atoms with Crippen LogP contribution in [0.5, 0.6) is 0 Å². The van der Waals surface area contributed by atoms with Crippen LogP contribution < -0.4 is 15.4 Å². The third-order valence-corrected chi connectivity index (χ3v) is 5.28. The highest BCUT2D eigenvalue weighted by Gasteiger charge is 2.31. The zero-order chi connectivity index (χ0) is 20.4. The van der Waals surface area contributed by atoms with Crippen LogP contribution in [0.15, 0.2) is 41.3 Å². The van der Waals surface area contributed by atoms with Crippen molar-refractivity contribution in [3.05, 3.63) is 52.7 Å². The molecule has 1 aromatic carbocycles. The number of ether oxygens (including phenoxy) is 1. The third kappa shape index (κ3) is 3.67. The molecule has 1 aliphatic heterocycles. The van der Waals surface area contributed by atoms with Crippen molar-refractivity contribution in [1.82, 2.24) is 19.5 Å². The highest BCUT2D eigenvalue weighted by molar-refractivity contribution is 5.77. The van der Waals surface area contributed by atoms with Crippen LogP contribution in [0.1, 0.15) is 24.7 Å². The van der Waals surface area contributed by atoms with Crippen molar-refractivity contribution < 1.29 is 4.74 Å². The molecule has 0 bridgehead atoms. The van der Waals surface area contributed by atoms with Crippen molar-refractivity contribution in [2.24, 2.45) is 0 Å². The van der Waals surface area contributed by atoms with E-state index in [1.165, 1.54) is 0 Å². The Morgan fingerprint density at radius 2 is 2.03 bits per heavy atom. The van der Waals surface area contributed by atoms with Crippen LogP contribution in [0, 0.1) is 0 Å². The van der Waals surface area contributed by atoms with E-state index in [9.17, 15) is 4.79 Å². The summed E-state index contributed by atoms with van der Waals surface area (Å²) in [4.78, 5) is 31.3. The summed E-state index contributed by atoms with van der Waals surface area (Å²) >= 11 is 0. The van der Waals surface area contributed by atoms with Gasteiger partial charge in [0, 0.05) is 33.9 Å². The summed E-state index contributed by atoms with van der Waals surface area (Å²) in [5, 5.41) is 0.633. The van der Waals surface area contributed by atoms with Crippen LogP contribution in [-0.2, 0) is 11.3 Å². The molecule has 2 aromatic heterocycles. The summed E-state index contributed by atoms with van der Waals surface area (Å²) in [6, 6.07) is 9.42. The molecule has 8 nitrogen and oxygen atoms in total. The summed E-state index contributed by atoms with van der Waals surface area (Å²) in [6.45, 7) is 1.79. The molecule has 0 saturated carbocycles. The van der Waals surface area contributed by atoms with Gasteiger partial charge < -0.3 is 14.5 Å². The molecule has 0 spiro atoms. The predicted octanol–water partition coefficient (Wildman–Crippen LogP) is 2.24. The highest BCUT2D eigenvalue weighted by atomic mass is 16.5. The van der Waals surface area contributed by atoms with E-state index in [-0.39, 0.29) is 11.6 Å². The molecule has 29 heavy (non-hydrogen) atoms. The van der Waals surface area contributed by atoms with Crippen LogP contribution in [0.25, 0.3) is 10.9 Å². The number of rotatable bonds is 6. The SMILES string of the molecule is COCCn1c(C2CCCN2c2ccnc(N(C)C)n2)nc2ccccc2c1=O. The maximum Gasteiger partial charge on any atom is 0.261 e. The number of aromatic nitrogens is 4. The molecule has 1 fully saturated rings. The lowest BCUT2D eigenvalue weighted by molar-refractivity contribution is 0.184. The average molecular weight is 394 g/mol. The number of hydrogen-bond acceptors (Lipinski definition) is 7. The molecule has 1 aliphatic rings. The number of hydrogen-bond donors (Lipinski definition) is 0. The Morgan fingerprint density at radius 3 is 2.83 bits per heavy atom. The minimum Gasteiger partial charge on any atom is -0.383 e. The normalized spacial score (nSPS) is 16.5. The lowest BCUT2D eigenvalue weighted by Gasteiger charge is -2.28. The van der Waals surface area contributed by atoms with Gasteiger partial charge in [0.05, 0.1) is 30.1 Å². The average Bonchev–Trinajstić information content (AvgIpc) is 3.23. The Kier molecular flexibility index (Phi) is 5.44. The number of methoxy groups -OCH3 is 1. The van der Waals surface area contributed by atoms with Gasteiger partial charge in [-0.05, 0) is 31.0 Å². The molecule has 8 heteroatoms. The fourth-order valence-corrected chi connectivity index (χ4v) is 3.86. The molecule has 1 unspecified atom stereocenters. The van der Waals surface area contributed by atoms with E-state index >= 15 is 0 Å². The second-order valence-electron chi connectivity index (χ2n) is 7.40. The molecule has 0 amide bonds. The van der Waals surface area contributed by atoms with Gasteiger partial charge in [0.2, 0.25) is 5.95 Å². The van der Waals surface area contributed by atoms with Crippen LogP contribution in [0.2, 0.25) is 0 Å². The molecule has 3 heterocycles. The van der Waals surface area contributed by atoms with Crippen LogP contribution in [0.3, 0.4) is 0 Å². The molecule has 3 aromatic rings. The van der Waals surface area contributed by atoms with Crippen molar-refractivity contribution in [2.45, 2.75) is 25.4 Å². The van der Waals surface area contributed by atoms with Gasteiger partial charge in [-0.3, -0.25) is 9.36 Å². The second-order valence-corrected chi connectivity index (χ2v) is 7.40. The lowest BCUT2D eigenvalue weighted by atomic mass is 10.1. The van der Waals surface area contributed by atoms with Gasteiger partial charge in [-0.1, -0.05) is 12.1 Å². The maximum absolute atomic E-state index is 13.2. The quantitative estimate of drug-likeness (QED) is 0.635. The molecular weight excluding hydrogens is 368 g/mol. The second kappa shape index (κ2) is 8.16. The predicted molar refractivity (Wildman–Crippen MR) is 114 cm³/mol. The molecule has 0 aliphatic carbocycles. The fourth-order valence-electron chi connectivity index (χ4n) is 3.86. The van der Waals surface area contributed by atoms with Crippen molar-refractivity contribution in [3.8, 4) is 0 Å². The first kappa shape index (κ1) is 19.3. The molecule has 0 N–H and O–H groups in total. The first-order valence-electron chi connectivity index (χ1n) is 9.85. The number of nitrogens with zero attached hydrogens (tertiary/aromatic N) is 6. The van der Waals surface area contributed by atoms with E-state index in [2.05, 4.69) is 9.88 Å². The number of anilines is 2. The van der Waals surface area contributed by atoms with Crippen molar-refractivity contribution in [3.63, 3.8) is 0 Å². The van der Waals surface area contributed by atoms with E-state index in [1.54, 1.807) is 17.9 Å². The Bertz CT molecular complexity index is 1060. The number of benzene rings is 1. The van der Waals surface area contributed by atoms with E-state index in [4.69, 9.17) is 14.7 Å². The fraction of sp³-hybridized carbons (Fsp3) is 0.429. The minimum atomic E-state index is -0.0221. The van der Waals surface area contributed by atoms with Gasteiger partial charge in [0.25, 0.3) is 5.56 Å². The lowest BCUT2D eigenvalue weighted by Crippen LogP contribution is -2.33. The topological polar surface area (TPSA) is 76.4 Å². The van der Waals surface area contributed by atoms with E-state index in [1.807, 2.05) is 49.3 Å². The zero-order valence-electron chi connectivity index (χ0n) is 17.1. The Labute approximate surface area is 169 Å². The molecule has 1 atom stereocenters. The van der Waals surface area contributed by atoms with E-state index in [0.717, 1.165) is 36.5 Å². The van der Waals surface area contributed by atoms with Gasteiger partial charge in [-0.2, -0.15) is 4.98 Å². The van der Waals surface area contributed by atoms with Crippen molar-refractivity contribution >= 4 is 22.7 Å². The van der Waals surface area contributed by atoms with Crippen LogP contribution in [0.4, 0.5) is 11.8 Å². The Hall–Kier alpha value is -3.00. The van der Waals surface area contributed by atoms with E-state index in [0.29, 0.717) is 24.5 Å². The summed E-state index contributed by atoms with van der Waals surface area (Å²) in [7, 11) is 5.49. The smallest absolute Gasteiger partial charge is 0.261 e. The number of fused-ring (bicyclic) bond motifs is 1. The highest BCUT2D eigenvalue weighted by Crippen LogP contribution is 2.34. The van der Waals surface area contributed by atoms with Crippen LogP contribution in [-0.4, -0.2) is 53.9 Å². The van der Waals surface area contributed by atoms with Gasteiger partial charge in [0.1, 0.15) is 11.6 Å². The van der Waals surface area contributed by atoms with Gasteiger partial charge in [-0.25, -0.2) is 9.97 Å². The Morgan fingerprint density at radius 1 is 1.21 bits per heavy atom. The molecule has 4 rings (SSSR count).